The molecule has 7 heteroatoms. The van der Waals surface area contributed by atoms with Crippen molar-refractivity contribution < 1.29 is 13.2 Å². The summed E-state index contributed by atoms with van der Waals surface area (Å²) in [6, 6.07) is 20.2. The Morgan fingerprint density at radius 2 is 1.60 bits per heavy atom. The lowest BCUT2D eigenvalue weighted by Crippen LogP contribution is -2.45. The zero-order chi connectivity index (χ0) is 21.7. The second-order valence-electron chi connectivity index (χ2n) is 7.11. The van der Waals surface area contributed by atoms with Gasteiger partial charge in [0.15, 0.2) is 0 Å². The van der Waals surface area contributed by atoms with Crippen molar-refractivity contribution in [2.45, 2.75) is 31.2 Å². The Morgan fingerprint density at radius 3 is 2.23 bits per heavy atom. The minimum absolute atomic E-state index is 0.0998. The number of anilines is 1. The second-order valence-corrected chi connectivity index (χ2v) is 9.74. The van der Waals surface area contributed by atoms with E-state index in [4.69, 9.17) is 0 Å². The SMILES string of the molecule is Cc1ccc(NC(=O)[C@H](Cc2ccccc2)NS(=O)(=O)c2ccc(Br)cc2)cc1C. The van der Waals surface area contributed by atoms with Gasteiger partial charge in [-0.25, -0.2) is 8.42 Å². The fourth-order valence-electron chi connectivity index (χ4n) is 2.96. The molecule has 0 aromatic heterocycles. The molecule has 0 spiro atoms. The number of hydrogen-bond donors (Lipinski definition) is 2. The molecule has 1 atom stereocenters. The lowest BCUT2D eigenvalue weighted by Gasteiger charge is -2.19. The first kappa shape index (κ1) is 22.2. The molecule has 2 N–H and O–H groups in total. The lowest BCUT2D eigenvalue weighted by molar-refractivity contribution is -0.117. The summed E-state index contributed by atoms with van der Waals surface area (Å²) in [6.45, 7) is 3.95. The molecule has 0 bridgehead atoms. The van der Waals surface area contributed by atoms with Crippen LogP contribution in [0.2, 0.25) is 0 Å². The molecule has 1 amide bonds. The predicted octanol–water partition coefficient (Wildman–Crippen LogP) is 4.59. The molecule has 0 unspecified atom stereocenters. The van der Waals surface area contributed by atoms with Crippen LogP contribution in [0.15, 0.2) is 82.2 Å². The number of benzene rings is 3. The van der Waals surface area contributed by atoms with E-state index in [1.807, 2.05) is 62.4 Å². The van der Waals surface area contributed by atoms with Crippen molar-refractivity contribution in [3.05, 3.63) is 94.0 Å². The minimum atomic E-state index is -3.88. The third-order valence-electron chi connectivity index (χ3n) is 4.79. The van der Waals surface area contributed by atoms with Crippen LogP contribution in [0, 0.1) is 13.8 Å². The van der Waals surface area contributed by atoms with Gasteiger partial charge in [-0.15, -0.1) is 0 Å². The van der Waals surface area contributed by atoms with E-state index >= 15 is 0 Å². The highest BCUT2D eigenvalue weighted by Gasteiger charge is 2.26. The van der Waals surface area contributed by atoms with Crippen LogP contribution in [0.4, 0.5) is 5.69 Å². The van der Waals surface area contributed by atoms with Gasteiger partial charge in [0.2, 0.25) is 15.9 Å². The molecule has 3 rings (SSSR count). The number of aryl methyl sites for hydroxylation is 2. The second kappa shape index (κ2) is 9.55. The average Bonchev–Trinajstić information content (AvgIpc) is 2.71. The number of sulfonamides is 1. The van der Waals surface area contributed by atoms with Crippen LogP contribution in [0.3, 0.4) is 0 Å². The number of amides is 1. The average molecular weight is 487 g/mol. The first-order chi connectivity index (χ1) is 14.2. The molecule has 0 heterocycles. The quantitative estimate of drug-likeness (QED) is 0.512. The van der Waals surface area contributed by atoms with Gasteiger partial charge in [-0.2, -0.15) is 4.72 Å². The van der Waals surface area contributed by atoms with Gasteiger partial charge in [0, 0.05) is 10.2 Å². The van der Waals surface area contributed by atoms with Gasteiger partial charge in [0.1, 0.15) is 6.04 Å². The molecule has 0 aliphatic rings. The molecule has 0 radical (unpaired) electrons. The van der Waals surface area contributed by atoms with E-state index in [1.165, 1.54) is 12.1 Å². The van der Waals surface area contributed by atoms with Gasteiger partial charge < -0.3 is 5.32 Å². The van der Waals surface area contributed by atoms with Crippen LogP contribution in [0.1, 0.15) is 16.7 Å². The van der Waals surface area contributed by atoms with Crippen LogP contribution in [0.25, 0.3) is 0 Å². The summed E-state index contributed by atoms with van der Waals surface area (Å²) in [7, 11) is -3.88. The fraction of sp³-hybridized carbons (Fsp3) is 0.174. The number of carbonyl (C=O) groups is 1. The third-order valence-corrected chi connectivity index (χ3v) is 6.81. The maximum absolute atomic E-state index is 13.0. The van der Waals surface area contributed by atoms with E-state index < -0.39 is 22.0 Å². The summed E-state index contributed by atoms with van der Waals surface area (Å²) in [5.41, 5.74) is 3.65. The molecular weight excluding hydrogens is 464 g/mol. The van der Waals surface area contributed by atoms with Crippen molar-refractivity contribution >= 4 is 37.5 Å². The van der Waals surface area contributed by atoms with Gasteiger partial charge in [0.05, 0.1) is 4.90 Å². The first-order valence-electron chi connectivity index (χ1n) is 9.44. The largest absolute Gasteiger partial charge is 0.325 e. The number of carbonyl (C=O) groups excluding carboxylic acids is 1. The Bertz CT molecular complexity index is 1130. The van der Waals surface area contributed by atoms with Crippen LogP contribution in [-0.2, 0) is 21.2 Å². The van der Waals surface area contributed by atoms with E-state index in [2.05, 4.69) is 26.0 Å². The van der Waals surface area contributed by atoms with E-state index in [9.17, 15) is 13.2 Å². The van der Waals surface area contributed by atoms with Crippen LogP contribution >= 0.6 is 15.9 Å². The van der Waals surface area contributed by atoms with Crippen LogP contribution < -0.4 is 10.0 Å². The minimum Gasteiger partial charge on any atom is -0.325 e. The van der Waals surface area contributed by atoms with Crippen molar-refractivity contribution in [1.29, 1.82) is 0 Å². The highest BCUT2D eigenvalue weighted by atomic mass is 79.9. The summed E-state index contributed by atoms with van der Waals surface area (Å²) >= 11 is 3.30. The number of rotatable bonds is 7. The summed E-state index contributed by atoms with van der Waals surface area (Å²) in [5, 5.41) is 2.84. The zero-order valence-corrected chi connectivity index (χ0v) is 19.1. The Balaban J connectivity index is 1.86. The first-order valence-corrected chi connectivity index (χ1v) is 11.7. The van der Waals surface area contributed by atoms with Crippen LogP contribution in [0.5, 0.6) is 0 Å². The number of hydrogen-bond acceptors (Lipinski definition) is 3. The Hall–Kier alpha value is -2.48. The van der Waals surface area contributed by atoms with Gasteiger partial charge in [0.25, 0.3) is 0 Å². The molecule has 0 saturated carbocycles. The highest BCUT2D eigenvalue weighted by Crippen LogP contribution is 2.18. The summed E-state index contributed by atoms with van der Waals surface area (Å²) < 4.78 is 29.1. The topological polar surface area (TPSA) is 75.3 Å². The Labute approximate surface area is 185 Å². The molecule has 0 aliphatic carbocycles. The smallest absolute Gasteiger partial charge is 0.242 e. The van der Waals surface area contributed by atoms with E-state index in [-0.39, 0.29) is 11.3 Å². The van der Waals surface area contributed by atoms with Gasteiger partial charge in [-0.05, 0) is 73.4 Å². The van der Waals surface area contributed by atoms with E-state index in [0.717, 1.165) is 21.2 Å². The van der Waals surface area contributed by atoms with Crippen molar-refractivity contribution in [3.8, 4) is 0 Å². The molecule has 3 aromatic carbocycles. The number of halogens is 1. The van der Waals surface area contributed by atoms with Crippen molar-refractivity contribution in [2.75, 3.05) is 5.32 Å². The van der Waals surface area contributed by atoms with Gasteiger partial charge >= 0.3 is 0 Å². The van der Waals surface area contributed by atoms with Crippen LogP contribution in [-0.4, -0.2) is 20.4 Å². The standard InChI is InChI=1S/C23H23BrN2O3S/c1-16-8-11-20(14-17(16)2)25-23(27)22(15-18-6-4-3-5-7-18)26-30(28,29)21-12-9-19(24)10-13-21/h3-14,22,26H,15H2,1-2H3,(H,25,27)/t22-/m0/s1. The molecule has 0 fully saturated rings. The lowest BCUT2D eigenvalue weighted by atomic mass is 10.1. The Morgan fingerprint density at radius 1 is 0.933 bits per heavy atom. The van der Waals surface area contributed by atoms with Crippen molar-refractivity contribution in [2.24, 2.45) is 0 Å². The molecule has 30 heavy (non-hydrogen) atoms. The molecule has 3 aromatic rings. The predicted molar refractivity (Wildman–Crippen MR) is 123 cm³/mol. The fourth-order valence-corrected chi connectivity index (χ4v) is 4.42. The summed E-state index contributed by atoms with van der Waals surface area (Å²) in [5.74, 6) is -0.414. The monoisotopic (exact) mass is 486 g/mol. The maximum Gasteiger partial charge on any atom is 0.242 e. The molecule has 156 valence electrons. The van der Waals surface area contributed by atoms with E-state index in [0.29, 0.717) is 5.69 Å². The van der Waals surface area contributed by atoms with E-state index in [1.54, 1.807) is 12.1 Å². The zero-order valence-electron chi connectivity index (χ0n) is 16.7. The van der Waals surface area contributed by atoms with Gasteiger partial charge in [-0.3, -0.25) is 4.79 Å². The normalized spacial score (nSPS) is 12.4. The highest BCUT2D eigenvalue weighted by molar-refractivity contribution is 9.10. The third kappa shape index (κ3) is 5.78. The van der Waals surface area contributed by atoms with Crippen molar-refractivity contribution in [3.63, 3.8) is 0 Å². The summed E-state index contributed by atoms with van der Waals surface area (Å²) in [6.07, 6.45) is 0.229. The summed E-state index contributed by atoms with van der Waals surface area (Å²) in [4.78, 5) is 13.1. The van der Waals surface area contributed by atoms with Crippen molar-refractivity contribution in [1.82, 2.24) is 4.72 Å². The van der Waals surface area contributed by atoms with Gasteiger partial charge in [-0.1, -0.05) is 52.3 Å². The maximum atomic E-state index is 13.0. The number of nitrogens with one attached hydrogen (secondary N) is 2. The molecular formula is C23H23BrN2O3S. The molecule has 5 nitrogen and oxygen atoms in total. The Kier molecular flexibility index (Phi) is 7.07. The molecule has 0 aliphatic heterocycles. The molecule has 0 saturated heterocycles.